The summed E-state index contributed by atoms with van der Waals surface area (Å²) in [4.78, 5) is 29.9. The Morgan fingerprint density at radius 3 is 3.05 bits per heavy atom. The molecule has 0 aliphatic carbocycles. The fraction of sp³-hybridized carbons (Fsp3) is 0.500. The fourth-order valence-electron chi connectivity index (χ4n) is 2.39. The van der Waals surface area contributed by atoms with E-state index in [-0.39, 0.29) is 17.7 Å². The Hall–Kier alpha value is -1.95. The van der Waals surface area contributed by atoms with Crippen LogP contribution in [0.15, 0.2) is 24.5 Å². The van der Waals surface area contributed by atoms with Crippen LogP contribution in [0.2, 0.25) is 0 Å². The van der Waals surface area contributed by atoms with Crippen LogP contribution in [0.5, 0.6) is 0 Å². The average molecular weight is 276 g/mol. The first-order valence-corrected chi connectivity index (χ1v) is 6.89. The van der Waals surface area contributed by atoms with Gasteiger partial charge in [0, 0.05) is 38.6 Å². The maximum Gasteiger partial charge on any atom is 0.255 e. The summed E-state index contributed by atoms with van der Waals surface area (Å²) in [5.74, 6) is -0.218. The summed E-state index contributed by atoms with van der Waals surface area (Å²) >= 11 is 0. The molecule has 1 fully saturated rings. The molecule has 2 rings (SSSR count). The van der Waals surface area contributed by atoms with E-state index in [0.29, 0.717) is 31.7 Å². The Labute approximate surface area is 118 Å². The Morgan fingerprint density at radius 2 is 2.35 bits per heavy atom. The molecule has 6 heteroatoms. The van der Waals surface area contributed by atoms with Gasteiger partial charge in [-0.1, -0.05) is 0 Å². The molecular weight excluding hydrogens is 256 g/mol. The van der Waals surface area contributed by atoms with Crippen LogP contribution >= 0.6 is 0 Å². The van der Waals surface area contributed by atoms with Crippen LogP contribution in [0.1, 0.15) is 23.2 Å². The summed E-state index contributed by atoms with van der Waals surface area (Å²) in [6.07, 6.45) is 4.84. The summed E-state index contributed by atoms with van der Waals surface area (Å²) < 4.78 is 0. The Morgan fingerprint density at radius 1 is 1.50 bits per heavy atom. The number of amides is 2. The Balaban J connectivity index is 1.96. The predicted molar refractivity (Wildman–Crippen MR) is 74.9 cm³/mol. The highest BCUT2D eigenvalue weighted by Crippen LogP contribution is 2.18. The van der Waals surface area contributed by atoms with Gasteiger partial charge in [-0.15, -0.1) is 0 Å². The van der Waals surface area contributed by atoms with Crippen LogP contribution in [0.4, 0.5) is 0 Å². The van der Waals surface area contributed by atoms with E-state index in [4.69, 9.17) is 5.73 Å². The minimum absolute atomic E-state index is 0.0147. The maximum absolute atomic E-state index is 12.3. The van der Waals surface area contributed by atoms with Gasteiger partial charge in [0.15, 0.2) is 0 Å². The van der Waals surface area contributed by atoms with Crippen LogP contribution in [-0.2, 0) is 4.79 Å². The lowest BCUT2D eigenvalue weighted by molar-refractivity contribution is -0.126. The highest BCUT2D eigenvalue weighted by molar-refractivity contribution is 5.94. The van der Waals surface area contributed by atoms with Gasteiger partial charge in [-0.3, -0.25) is 14.6 Å². The zero-order chi connectivity index (χ0) is 14.4. The van der Waals surface area contributed by atoms with Crippen molar-refractivity contribution in [2.45, 2.75) is 12.8 Å². The average Bonchev–Trinajstić information content (AvgIpc) is 2.52. The molecule has 0 saturated carbocycles. The van der Waals surface area contributed by atoms with E-state index >= 15 is 0 Å². The highest BCUT2D eigenvalue weighted by Gasteiger charge is 2.28. The molecule has 3 N–H and O–H groups in total. The number of likely N-dealkylation sites (tertiary alicyclic amines) is 1. The molecule has 20 heavy (non-hydrogen) atoms. The zero-order valence-corrected chi connectivity index (χ0v) is 11.4. The van der Waals surface area contributed by atoms with Gasteiger partial charge in [-0.25, -0.2) is 0 Å². The molecule has 1 unspecified atom stereocenters. The van der Waals surface area contributed by atoms with E-state index in [1.54, 1.807) is 29.4 Å². The van der Waals surface area contributed by atoms with Crippen molar-refractivity contribution < 1.29 is 9.59 Å². The number of pyridine rings is 1. The highest BCUT2D eigenvalue weighted by atomic mass is 16.2. The molecule has 1 aliphatic rings. The van der Waals surface area contributed by atoms with Crippen molar-refractivity contribution in [2.75, 3.05) is 26.2 Å². The molecule has 2 heterocycles. The number of piperidine rings is 1. The van der Waals surface area contributed by atoms with E-state index in [9.17, 15) is 9.59 Å². The minimum Gasteiger partial charge on any atom is -0.355 e. The Bertz CT molecular complexity index is 464. The van der Waals surface area contributed by atoms with Crippen LogP contribution in [-0.4, -0.2) is 47.9 Å². The fourth-order valence-corrected chi connectivity index (χ4v) is 2.39. The summed E-state index contributed by atoms with van der Waals surface area (Å²) in [6.45, 7) is 2.06. The van der Waals surface area contributed by atoms with Gasteiger partial charge in [-0.05, 0) is 25.0 Å². The van der Waals surface area contributed by atoms with Gasteiger partial charge in [0.05, 0.1) is 11.5 Å². The number of nitrogens with zero attached hydrogens (tertiary/aromatic N) is 2. The van der Waals surface area contributed by atoms with E-state index in [1.807, 2.05) is 0 Å². The lowest BCUT2D eigenvalue weighted by Gasteiger charge is -2.32. The Kier molecular flexibility index (Phi) is 5.06. The quantitative estimate of drug-likeness (QED) is 0.810. The van der Waals surface area contributed by atoms with E-state index in [2.05, 4.69) is 10.3 Å². The molecule has 0 spiro atoms. The van der Waals surface area contributed by atoms with Crippen LogP contribution < -0.4 is 11.1 Å². The molecule has 1 aromatic heterocycles. The third-order valence-corrected chi connectivity index (χ3v) is 3.43. The number of nitrogens with two attached hydrogens (primary N) is 1. The molecule has 0 aromatic carbocycles. The van der Waals surface area contributed by atoms with Crippen molar-refractivity contribution >= 4 is 11.8 Å². The number of hydrogen-bond donors (Lipinski definition) is 2. The molecule has 0 radical (unpaired) electrons. The van der Waals surface area contributed by atoms with Crippen molar-refractivity contribution in [3.8, 4) is 0 Å². The van der Waals surface area contributed by atoms with Crippen molar-refractivity contribution in [3.63, 3.8) is 0 Å². The van der Waals surface area contributed by atoms with Gasteiger partial charge in [0.2, 0.25) is 5.91 Å². The number of aromatic nitrogens is 1. The standard InChI is InChI=1S/C14H20N4O2/c15-5-7-17-13(19)12-4-2-8-18(10-12)14(20)11-3-1-6-16-9-11/h1,3,6,9,12H,2,4-5,7-8,10,15H2,(H,17,19). The monoisotopic (exact) mass is 276 g/mol. The molecule has 1 aliphatic heterocycles. The van der Waals surface area contributed by atoms with E-state index in [1.165, 1.54) is 0 Å². The lowest BCUT2D eigenvalue weighted by Crippen LogP contribution is -2.46. The van der Waals surface area contributed by atoms with Crippen molar-refractivity contribution in [3.05, 3.63) is 30.1 Å². The molecule has 1 saturated heterocycles. The first-order valence-electron chi connectivity index (χ1n) is 6.89. The summed E-state index contributed by atoms with van der Waals surface area (Å²) in [5.41, 5.74) is 5.94. The molecule has 108 valence electrons. The first-order chi connectivity index (χ1) is 9.72. The van der Waals surface area contributed by atoms with Gasteiger partial charge < -0.3 is 16.0 Å². The molecule has 2 amide bonds. The number of rotatable bonds is 4. The number of carbonyl (C=O) groups excluding carboxylic acids is 2. The van der Waals surface area contributed by atoms with Crippen molar-refractivity contribution in [1.29, 1.82) is 0 Å². The van der Waals surface area contributed by atoms with Crippen LogP contribution in [0, 0.1) is 5.92 Å². The second kappa shape index (κ2) is 7.00. The second-order valence-electron chi connectivity index (χ2n) is 4.91. The minimum atomic E-state index is -0.143. The number of nitrogens with one attached hydrogen (secondary N) is 1. The number of hydrogen-bond acceptors (Lipinski definition) is 4. The normalized spacial score (nSPS) is 18.6. The lowest BCUT2D eigenvalue weighted by atomic mass is 9.96. The van der Waals surface area contributed by atoms with Gasteiger partial charge in [-0.2, -0.15) is 0 Å². The largest absolute Gasteiger partial charge is 0.355 e. The van der Waals surface area contributed by atoms with Crippen LogP contribution in [0.3, 0.4) is 0 Å². The smallest absolute Gasteiger partial charge is 0.255 e. The third-order valence-electron chi connectivity index (χ3n) is 3.43. The topological polar surface area (TPSA) is 88.3 Å². The molecule has 1 atom stereocenters. The van der Waals surface area contributed by atoms with Gasteiger partial charge >= 0.3 is 0 Å². The van der Waals surface area contributed by atoms with E-state index < -0.39 is 0 Å². The molecule has 0 bridgehead atoms. The summed E-state index contributed by atoms with van der Waals surface area (Å²) in [7, 11) is 0. The SMILES string of the molecule is NCCNC(=O)C1CCCN(C(=O)c2cccnc2)C1. The molecule has 1 aromatic rings. The van der Waals surface area contributed by atoms with Gasteiger partial charge in [0.25, 0.3) is 5.91 Å². The zero-order valence-electron chi connectivity index (χ0n) is 11.4. The van der Waals surface area contributed by atoms with E-state index in [0.717, 1.165) is 12.8 Å². The van der Waals surface area contributed by atoms with Crippen LogP contribution in [0.25, 0.3) is 0 Å². The molecular formula is C14H20N4O2. The third kappa shape index (κ3) is 3.54. The summed E-state index contributed by atoms with van der Waals surface area (Å²) in [6, 6.07) is 3.48. The van der Waals surface area contributed by atoms with Gasteiger partial charge in [0.1, 0.15) is 0 Å². The maximum atomic E-state index is 12.3. The van der Waals surface area contributed by atoms with Crippen molar-refractivity contribution in [1.82, 2.24) is 15.2 Å². The first kappa shape index (κ1) is 14.5. The molecule has 6 nitrogen and oxygen atoms in total. The number of carbonyl (C=O) groups is 2. The second-order valence-corrected chi connectivity index (χ2v) is 4.91. The predicted octanol–water partition coefficient (Wildman–Crippen LogP) is 0.00870. The van der Waals surface area contributed by atoms with Crippen molar-refractivity contribution in [2.24, 2.45) is 11.7 Å². The summed E-state index contributed by atoms with van der Waals surface area (Å²) in [5, 5.41) is 2.79.